The van der Waals surface area contributed by atoms with Gasteiger partial charge < -0.3 is 0 Å². The molecular weight excluding hydrogens is 184 g/mol. The molecule has 0 atom stereocenters. The number of rotatable bonds is 3. The molecule has 0 aliphatic heterocycles. The molecule has 82 valence electrons. The lowest BCUT2D eigenvalue weighted by molar-refractivity contribution is 0.101. The van der Waals surface area contributed by atoms with Crippen LogP contribution in [0.25, 0.3) is 0 Å². The minimum Gasteiger partial charge on any atom is -0.295 e. The van der Waals surface area contributed by atoms with E-state index < -0.39 is 0 Å². The molecule has 0 saturated heterocycles. The van der Waals surface area contributed by atoms with Gasteiger partial charge in [0.1, 0.15) is 0 Å². The van der Waals surface area contributed by atoms with Crippen molar-refractivity contribution in [3.05, 3.63) is 34.9 Å². The average Bonchev–Trinajstić information content (AvgIpc) is 2.16. The van der Waals surface area contributed by atoms with Crippen LogP contribution in [0, 0.1) is 0 Å². The summed E-state index contributed by atoms with van der Waals surface area (Å²) < 4.78 is 0. The van der Waals surface area contributed by atoms with Gasteiger partial charge in [-0.05, 0) is 42.0 Å². The van der Waals surface area contributed by atoms with Crippen LogP contribution in [0.1, 0.15) is 67.9 Å². The largest absolute Gasteiger partial charge is 0.295 e. The van der Waals surface area contributed by atoms with Gasteiger partial charge in [-0.15, -0.1) is 0 Å². The summed E-state index contributed by atoms with van der Waals surface area (Å²) in [6.07, 6.45) is 0. The van der Waals surface area contributed by atoms with E-state index in [1.54, 1.807) is 6.92 Å². The fourth-order valence-corrected chi connectivity index (χ4v) is 1.55. The summed E-state index contributed by atoms with van der Waals surface area (Å²) >= 11 is 0. The van der Waals surface area contributed by atoms with Gasteiger partial charge in [-0.25, -0.2) is 0 Å². The Morgan fingerprint density at radius 1 is 0.933 bits per heavy atom. The van der Waals surface area contributed by atoms with Gasteiger partial charge in [0.05, 0.1) is 0 Å². The molecule has 0 N–H and O–H groups in total. The first-order chi connectivity index (χ1) is 6.91. The molecule has 1 aromatic rings. The van der Waals surface area contributed by atoms with E-state index in [0.29, 0.717) is 11.8 Å². The summed E-state index contributed by atoms with van der Waals surface area (Å²) in [6, 6.07) is 6.24. The van der Waals surface area contributed by atoms with Crippen LogP contribution >= 0.6 is 0 Å². The molecule has 0 aromatic heterocycles. The molecular formula is C14H20O. The van der Waals surface area contributed by atoms with Gasteiger partial charge in [0.15, 0.2) is 5.78 Å². The van der Waals surface area contributed by atoms with E-state index in [1.807, 2.05) is 12.1 Å². The van der Waals surface area contributed by atoms with Crippen molar-refractivity contribution in [2.45, 2.75) is 46.5 Å². The number of hydrogen-bond donors (Lipinski definition) is 0. The highest BCUT2D eigenvalue weighted by Gasteiger charge is 2.09. The van der Waals surface area contributed by atoms with Gasteiger partial charge in [0.2, 0.25) is 0 Å². The molecule has 0 saturated carbocycles. The minimum atomic E-state index is 0.152. The van der Waals surface area contributed by atoms with Gasteiger partial charge in [0, 0.05) is 5.56 Å². The van der Waals surface area contributed by atoms with Crippen molar-refractivity contribution in [1.29, 1.82) is 0 Å². The molecule has 0 heterocycles. The Kier molecular flexibility index (Phi) is 3.67. The SMILES string of the molecule is CC(=O)c1cc(C(C)C)cc(C(C)C)c1. The van der Waals surface area contributed by atoms with Crippen molar-refractivity contribution >= 4 is 5.78 Å². The number of hydrogen-bond acceptors (Lipinski definition) is 1. The first-order valence-electron chi connectivity index (χ1n) is 5.57. The highest BCUT2D eigenvalue weighted by Crippen LogP contribution is 2.23. The lowest BCUT2D eigenvalue weighted by Gasteiger charge is -2.13. The zero-order valence-corrected chi connectivity index (χ0v) is 10.3. The molecule has 0 spiro atoms. The van der Waals surface area contributed by atoms with Gasteiger partial charge >= 0.3 is 0 Å². The van der Waals surface area contributed by atoms with Crippen LogP contribution in [0.15, 0.2) is 18.2 Å². The fraction of sp³-hybridized carbons (Fsp3) is 0.500. The van der Waals surface area contributed by atoms with Gasteiger partial charge in [-0.3, -0.25) is 4.79 Å². The molecule has 0 radical (unpaired) electrons. The first-order valence-corrected chi connectivity index (χ1v) is 5.57. The zero-order valence-electron chi connectivity index (χ0n) is 10.3. The van der Waals surface area contributed by atoms with Crippen LogP contribution < -0.4 is 0 Å². The third kappa shape index (κ3) is 2.92. The second-order valence-electron chi connectivity index (χ2n) is 4.75. The maximum Gasteiger partial charge on any atom is 0.159 e. The second kappa shape index (κ2) is 4.61. The van der Waals surface area contributed by atoms with E-state index in [4.69, 9.17) is 0 Å². The molecule has 1 heteroatoms. The molecule has 0 amide bonds. The standard InChI is InChI=1S/C14H20O/c1-9(2)12-6-13(10(3)4)8-14(7-12)11(5)15/h6-10H,1-5H3. The van der Waals surface area contributed by atoms with E-state index in [1.165, 1.54) is 11.1 Å². The topological polar surface area (TPSA) is 17.1 Å². The van der Waals surface area contributed by atoms with Crippen molar-refractivity contribution in [2.24, 2.45) is 0 Å². The van der Waals surface area contributed by atoms with Crippen molar-refractivity contribution in [1.82, 2.24) is 0 Å². The molecule has 1 nitrogen and oxygen atoms in total. The van der Waals surface area contributed by atoms with Crippen LogP contribution in [-0.4, -0.2) is 5.78 Å². The predicted octanol–water partition coefficient (Wildman–Crippen LogP) is 4.14. The lowest BCUT2D eigenvalue weighted by atomic mass is 9.92. The van der Waals surface area contributed by atoms with Crippen molar-refractivity contribution < 1.29 is 4.79 Å². The molecule has 0 unspecified atom stereocenters. The van der Waals surface area contributed by atoms with E-state index in [0.717, 1.165) is 5.56 Å². The zero-order chi connectivity index (χ0) is 11.6. The molecule has 1 rings (SSSR count). The Morgan fingerprint density at radius 3 is 1.60 bits per heavy atom. The summed E-state index contributed by atoms with van der Waals surface area (Å²) in [5, 5.41) is 0. The Hall–Kier alpha value is -1.11. The Balaban J connectivity index is 3.26. The number of carbonyl (C=O) groups excluding carboxylic acids is 1. The van der Waals surface area contributed by atoms with Gasteiger partial charge in [0.25, 0.3) is 0 Å². The van der Waals surface area contributed by atoms with Crippen LogP contribution in [-0.2, 0) is 0 Å². The van der Waals surface area contributed by atoms with E-state index in [-0.39, 0.29) is 5.78 Å². The maximum absolute atomic E-state index is 11.4. The van der Waals surface area contributed by atoms with Gasteiger partial charge in [-0.1, -0.05) is 33.8 Å². The molecule has 0 fully saturated rings. The highest BCUT2D eigenvalue weighted by molar-refractivity contribution is 5.94. The number of carbonyl (C=O) groups is 1. The summed E-state index contributed by atoms with van der Waals surface area (Å²) in [6.45, 7) is 10.3. The molecule has 0 aliphatic rings. The summed E-state index contributed by atoms with van der Waals surface area (Å²) in [7, 11) is 0. The highest BCUT2D eigenvalue weighted by atomic mass is 16.1. The quantitative estimate of drug-likeness (QED) is 0.676. The normalized spacial score (nSPS) is 11.1. The first kappa shape index (κ1) is 12.0. The Labute approximate surface area is 92.5 Å². The minimum absolute atomic E-state index is 0.152. The van der Waals surface area contributed by atoms with Crippen molar-refractivity contribution in [3.8, 4) is 0 Å². The van der Waals surface area contributed by atoms with Crippen LogP contribution in [0.4, 0.5) is 0 Å². The molecule has 1 aromatic carbocycles. The summed E-state index contributed by atoms with van der Waals surface area (Å²) in [5.41, 5.74) is 3.35. The lowest BCUT2D eigenvalue weighted by Crippen LogP contribution is -2.00. The smallest absolute Gasteiger partial charge is 0.159 e. The number of ketones is 1. The number of benzene rings is 1. The van der Waals surface area contributed by atoms with E-state index >= 15 is 0 Å². The van der Waals surface area contributed by atoms with E-state index in [2.05, 4.69) is 33.8 Å². The third-order valence-electron chi connectivity index (χ3n) is 2.72. The van der Waals surface area contributed by atoms with Crippen LogP contribution in [0.5, 0.6) is 0 Å². The summed E-state index contributed by atoms with van der Waals surface area (Å²) in [4.78, 5) is 11.4. The Morgan fingerprint density at radius 2 is 1.33 bits per heavy atom. The van der Waals surface area contributed by atoms with Crippen molar-refractivity contribution in [3.63, 3.8) is 0 Å². The molecule has 0 aliphatic carbocycles. The summed E-state index contributed by atoms with van der Waals surface area (Å²) in [5.74, 6) is 1.10. The van der Waals surface area contributed by atoms with Crippen molar-refractivity contribution in [2.75, 3.05) is 0 Å². The predicted molar refractivity (Wildman–Crippen MR) is 64.6 cm³/mol. The maximum atomic E-state index is 11.4. The molecule has 15 heavy (non-hydrogen) atoms. The van der Waals surface area contributed by atoms with Crippen LogP contribution in [0.3, 0.4) is 0 Å². The third-order valence-corrected chi connectivity index (χ3v) is 2.72. The number of Topliss-reactive ketones (excluding diaryl/α,β-unsaturated/α-hetero) is 1. The van der Waals surface area contributed by atoms with Gasteiger partial charge in [-0.2, -0.15) is 0 Å². The Bertz CT molecular complexity index is 335. The average molecular weight is 204 g/mol. The monoisotopic (exact) mass is 204 g/mol. The second-order valence-corrected chi connectivity index (χ2v) is 4.75. The van der Waals surface area contributed by atoms with Crippen LogP contribution in [0.2, 0.25) is 0 Å². The molecule has 0 bridgehead atoms. The fourth-order valence-electron chi connectivity index (χ4n) is 1.55. The van der Waals surface area contributed by atoms with E-state index in [9.17, 15) is 4.79 Å².